The molecule has 0 aromatic heterocycles. The van der Waals surface area contributed by atoms with Gasteiger partial charge in [0.15, 0.2) is 18.1 Å². The molecule has 2 aromatic rings. The molecule has 2 amide bonds. The van der Waals surface area contributed by atoms with Crippen LogP contribution in [0.3, 0.4) is 0 Å². The summed E-state index contributed by atoms with van der Waals surface area (Å²) in [5.41, 5.74) is 3.27. The van der Waals surface area contributed by atoms with E-state index in [1.807, 2.05) is 0 Å². The number of nitrogens with one attached hydrogen (secondary N) is 2. The molecule has 0 saturated carbocycles. The molecule has 0 radical (unpaired) electrons. The molecule has 0 spiro atoms. The average Bonchev–Trinajstić information content (AvgIpc) is 2.80. The highest BCUT2D eigenvalue weighted by molar-refractivity contribution is 5.97. The summed E-state index contributed by atoms with van der Waals surface area (Å²) >= 11 is 0. The molecule has 164 valence electrons. The molecule has 0 bridgehead atoms. The van der Waals surface area contributed by atoms with E-state index >= 15 is 0 Å². The second kappa shape index (κ2) is 11.8. The molecule has 10 nitrogen and oxygen atoms in total. The van der Waals surface area contributed by atoms with E-state index in [9.17, 15) is 14.4 Å². The number of rotatable bonds is 10. The number of ether oxygens (including phenoxy) is 4. The smallest absolute Gasteiger partial charge is 0.343 e. The Balaban J connectivity index is 1.83. The Kier molecular flexibility index (Phi) is 8.84. The van der Waals surface area contributed by atoms with Crippen LogP contribution in [0.5, 0.6) is 17.2 Å². The van der Waals surface area contributed by atoms with Crippen molar-refractivity contribution in [2.24, 2.45) is 5.10 Å². The molecule has 0 fully saturated rings. The minimum Gasteiger partial charge on any atom is -0.493 e. The Labute approximate surface area is 179 Å². The molecular formula is C21H23N3O7. The normalized spacial score (nSPS) is 10.3. The first-order valence-corrected chi connectivity index (χ1v) is 9.08. The Morgan fingerprint density at radius 2 is 1.77 bits per heavy atom. The van der Waals surface area contributed by atoms with Crippen LogP contribution in [0.4, 0.5) is 0 Å². The van der Waals surface area contributed by atoms with Crippen molar-refractivity contribution in [2.75, 3.05) is 34.5 Å². The Hall–Kier alpha value is -4.08. The number of esters is 1. The lowest BCUT2D eigenvalue weighted by molar-refractivity contribution is -0.142. The molecule has 0 heterocycles. The number of methoxy groups -OCH3 is 3. The number of hydrogen-bond acceptors (Lipinski definition) is 8. The lowest BCUT2D eigenvalue weighted by Crippen LogP contribution is -2.34. The van der Waals surface area contributed by atoms with E-state index in [4.69, 9.17) is 14.2 Å². The highest BCUT2D eigenvalue weighted by Crippen LogP contribution is 2.27. The van der Waals surface area contributed by atoms with Gasteiger partial charge in [0.2, 0.25) is 0 Å². The highest BCUT2D eigenvalue weighted by atomic mass is 16.6. The van der Waals surface area contributed by atoms with Crippen LogP contribution >= 0.6 is 0 Å². The fourth-order valence-electron chi connectivity index (χ4n) is 2.34. The first-order chi connectivity index (χ1) is 15.0. The number of carbonyl (C=O) groups is 3. The summed E-state index contributed by atoms with van der Waals surface area (Å²) < 4.78 is 20.1. The maximum absolute atomic E-state index is 12.2. The van der Waals surface area contributed by atoms with Crippen molar-refractivity contribution < 1.29 is 33.3 Å². The van der Waals surface area contributed by atoms with Gasteiger partial charge in [-0.15, -0.1) is 0 Å². The van der Waals surface area contributed by atoms with Gasteiger partial charge in [-0.3, -0.25) is 9.59 Å². The molecule has 0 aliphatic rings. The van der Waals surface area contributed by atoms with Crippen LogP contribution in [0.2, 0.25) is 0 Å². The first-order valence-electron chi connectivity index (χ1n) is 9.08. The number of hydrogen-bond donors (Lipinski definition) is 2. The molecule has 0 unspecified atom stereocenters. The van der Waals surface area contributed by atoms with Gasteiger partial charge in [-0.25, -0.2) is 10.2 Å². The van der Waals surface area contributed by atoms with Crippen LogP contribution in [0.15, 0.2) is 47.6 Å². The molecule has 2 aromatic carbocycles. The fourth-order valence-corrected chi connectivity index (χ4v) is 2.34. The van der Waals surface area contributed by atoms with Crippen molar-refractivity contribution in [3.63, 3.8) is 0 Å². The predicted octanol–water partition coefficient (Wildman–Crippen LogP) is 1.14. The van der Waals surface area contributed by atoms with Crippen molar-refractivity contribution in [2.45, 2.75) is 0 Å². The van der Waals surface area contributed by atoms with Gasteiger partial charge in [0.05, 0.1) is 34.1 Å². The summed E-state index contributed by atoms with van der Waals surface area (Å²) in [6.45, 7) is -0.486. The summed E-state index contributed by atoms with van der Waals surface area (Å²) in [5.74, 6) is -0.115. The number of carbonyl (C=O) groups excluding carboxylic acids is 3. The Morgan fingerprint density at radius 3 is 2.48 bits per heavy atom. The molecule has 10 heteroatoms. The highest BCUT2D eigenvalue weighted by Gasteiger charge is 2.11. The Bertz CT molecular complexity index is 960. The molecular weight excluding hydrogens is 406 g/mol. The molecule has 0 saturated heterocycles. The van der Waals surface area contributed by atoms with Crippen molar-refractivity contribution in [3.05, 3.63) is 53.6 Å². The van der Waals surface area contributed by atoms with Gasteiger partial charge < -0.3 is 24.3 Å². The fraction of sp³-hybridized carbons (Fsp3) is 0.238. The van der Waals surface area contributed by atoms with Crippen LogP contribution in [-0.4, -0.2) is 58.5 Å². The third-order valence-corrected chi connectivity index (χ3v) is 3.90. The van der Waals surface area contributed by atoms with Crippen LogP contribution in [0.1, 0.15) is 15.9 Å². The molecule has 0 aliphatic heterocycles. The zero-order valence-corrected chi connectivity index (χ0v) is 17.3. The van der Waals surface area contributed by atoms with Gasteiger partial charge in [0, 0.05) is 5.56 Å². The average molecular weight is 429 g/mol. The molecule has 0 atom stereocenters. The number of nitrogens with zero attached hydrogens (tertiary/aromatic N) is 1. The van der Waals surface area contributed by atoms with Crippen molar-refractivity contribution in [1.82, 2.24) is 10.7 Å². The summed E-state index contributed by atoms with van der Waals surface area (Å²) in [7, 11) is 4.23. The van der Waals surface area contributed by atoms with Gasteiger partial charge in [0.25, 0.3) is 11.8 Å². The van der Waals surface area contributed by atoms with Crippen LogP contribution in [0, 0.1) is 0 Å². The van der Waals surface area contributed by atoms with E-state index in [1.165, 1.54) is 33.6 Å². The van der Waals surface area contributed by atoms with E-state index in [2.05, 4.69) is 20.6 Å². The number of hydrazone groups is 1. The minimum absolute atomic E-state index is 0.215. The maximum Gasteiger partial charge on any atom is 0.343 e. The second-order valence-electron chi connectivity index (χ2n) is 5.98. The number of amides is 2. The van der Waals surface area contributed by atoms with E-state index < -0.39 is 17.8 Å². The third kappa shape index (κ3) is 7.35. The van der Waals surface area contributed by atoms with Gasteiger partial charge in [-0.1, -0.05) is 12.1 Å². The quantitative estimate of drug-likeness (QED) is 0.330. The van der Waals surface area contributed by atoms with Crippen LogP contribution in [-0.2, 0) is 14.3 Å². The lowest BCUT2D eigenvalue weighted by Gasteiger charge is -2.09. The second-order valence-corrected chi connectivity index (χ2v) is 5.98. The van der Waals surface area contributed by atoms with Crippen molar-refractivity contribution >= 4 is 24.0 Å². The summed E-state index contributed by atoms with van der Waals surface area (Å²) in [6.07, 6.45) is 1.40. The SMILES string of the molecule is COC(=O)COc1cccc(/C=N\NC(=O)CNC(=O)c2ccc(OC)c(OC)c2)c1. The molecule has 31 heavy (non-hydrogen) atoms. The zero-order valence-electron chi connectivity index (χ0n) is 17.3. The minimum atomic E-state index is -0.511. The lowest BCUT2D eigenvalue weighted by atomic mass is 10.2. The summed E-state index contributed by atoms with van der Waals surface area (Å²) in [5, 5.41) is 6.33. The van der Waals surface area contributed by atoms with Crippen molar-refractivity contribution in [1.29, 1.82) is 0 Å². The summed E-state index contributed by atoms with van der Waals surface area (Å²) in [6, 6.07) is 11.4. The predicted molar refractivity (Wildman–Crippen MR) is 112 cm³/mol. The number of benzene rings is 2. The Morgan fingerprint density at radius 1 is 1.00 bits per heavy atom. The van der Waals surface area contributed by atoms with Gasteiger partial charge in [0.1, 0.15) is 5.75 Å². The van der Waals surface area contributed by atoms with Gasteiger partial charge in [-0.2, -0.15) is 5.10 Å². The van der Waals surface area contributed by atoms with E-state index in [1.54, 1.807) is 36.4 Å². The van der Waals surface area contributed by atoms with E-state index in [-0.39, 0.29) is 13.2 Å². The third-order valence-electron chi connectivity index (χ3n) is 3.90. The first kappa shape index (κ1) is 23.2. The van der Waals surface area contributed by atoms with Crippen LogP contribution < -0.4 is 25.0 Å². The van der Waals surface area contributed by atoms with E-state index in [0.29, 0.717) is 28.4 Å². The molecule has 0 aliphatic carbocycles. The molecule has 2 N–H and O–H groups in total. The van der Waals surface area contributed by atoms with Crippen LogP contribution in [0.25, 0.3) is 0 Å². The van der Waals surface area contributed by atoms with Gasteiger partial charge >= 0.3 is 5.97 Å². The maximum atomic E-state index is 12.2. The zero-order chi connectivity index (χ0) is 22.6. The topological polar surface area (TPSA) is 125 Å². The summed E-state index contributed by atoms with van der Waals surface area (Å²) in [4.78, 5) is 35.2. The van der Waals surface area contributed by atoms with Crippen molar-refractivity contribution in [3.8, 4) is 17.2 Å². The monoisotopic (exact) mass is 429 g/mol. The molecule has 2 rings (SSSR count). The van der Waals surface area contributed by atoms with E-state index in [0.717, 1.165) is 0 Å². The van der Waals surface area contributed by atoms with Gasteiger partial charge in [-0.05, 0) is 35.9 Å². The standard InChI is InChI=1S/C21H23N3O7/c1-28-17-8-7-15(10-18(17)29-2)21(27)22-12-19(25)24-23-11-14-5-4-6-16(9-14)31-13-20(26)30-3/h4-11H,12-13H2,1-3H3,(H,22,27)(H,24,25)/b23-11-. The largest absolute Gasteiger partial charge is 0.493 e.